The van der Waals surface area contributed by atoms with Gasteiger partial charge in [-0.3, -0.25) is 14.7 Å². The van der Waals surface area contributed by atoms with Gasteiger partial charge >= 0.3 is 0 Å². The molecule has 1 fully saturated rings. The van der Waals surface area contributed by atoms with Crippen LogP contribution in [0.5, 0.6) is 0 Å². The molecule has 3 rings (SSSR count). The van der Waals surface area contributed by atoms with Crippen LogP contribution >= 0.6 is 24.0 Å². The van der Waals surface area contributed by atoms with Crippen LogP contribution in [-0.2, 0) is 11.3 Å². The number of hydrogen-bond acceptors (Lipinski definition) is 3. The zero-order valence-electron chi connectivity index (χ0n) is 18.0. The zero-order chi connectivity index (χ0) is 20.5. The molecule has 164 valence electrons. The van der Waals surface area contributed by atoms with Crippen LogP contribution in [0.4, 0.5) is 0 Å². The molecule has 0 aromatic heterocycles. The van der Waals surface area contributed by atoms with Crippen molar-refractivity contribution in [3.63, 3.8) is 0 Å². The normalized spacial score (nSPS) is 15.5. The molecule has 0 saturated carbocycles. The molecular formula is C23H34IN5O. The molecule has 0 atom stereocenters. The maximum Gasteiger partial charge on any atom is 0.234 e. The second-order valence-corrected chi connectivity index (χ2v) is 7.61. The summed E-state index contributed by atoms with van der Waals surface area (Å²) in [7, 11) is 1.81. The highest BCUT2D eigenvalue weighted by Gasteiger charge is 2.21. The fourth-order valence-electron chi connectivity index (χ4n) is 3.77. The standard InChI is InChI=1S/C23H33N5O.HI/c1-3-13-25-22(29)17-28-14-11-20(12-15-28)27-23(24-2)26-16-19-9-6-8-18-7-4-5-10-21(18)19;/h4-10,20H,3,11-17H2,1-2H3,(H,25,29)(H2,24,26,27);1H. The quantitative estimate of drug-likeness (QED) is 0.297. The van der Waals surface area contributed by atoms with Gasteiger partial charge in [0.25, 0.3) is 0 Å². The lowest BCUT2D eigenvalue weighted by molar-refractivity contribution is -0.122. The van der Waals surface area contributed by atoms with Gasteiger partial charge in [-0.1, -0.05) is 49.4 Å². The van der Waals surface area contributed by atoms with E-state index in [0.29, 0.717) is 12.6 Å². The molecule has 1 aliphatic rings. The van der Waals surface area contributed by atoms with Gasteiger partial charge in [0.1, 0.15) is 0 Å². The molecule has 1 amide bonds. The minimum absolute atomic E-state index is 0. The van der Waals surface area contributed by atoms with Crippen molar-refractivity contribution in [3.8, 4) is 0 Å². The second-order valence-electron chi connectivity index (χ2n) is 7.61. The molecule has 1 aliphatic heterocycles. The van der Waals surface area contributed by atoms with Gasteiger partial charge in [-0.05, 0) is 35.6 Å². The number of rotatable bonds is 7. The molecule has 0 aliphatic carbocycles. The Labute approximate surface area is 196 Å². The minimum Gasteiger partial charge on any atom is -0.355 e. The maximum atomic E-state index is 11.9. The summed E-state index contributed by atoms with van der Waals surface area (Å²) in [5, 5.41) is 12.5. The fourth-order valence-corrected chi connectivity index (χ4v) is 3.77. The second kappa shape index (κ2) is 12.7. The number of guanidine groups is 1. The summed E-state index contributed by atoms with van der Waals surface area (Å²) in [5.74, 6) is 0.961. The number of hydrogen-bond donors (Lipinski definition) is 3. The third kappa shape index (κ3) is 7.12. The van der Waals surface area contributed by atoms with Crippen LogP contribution in [0.1, 0.15) is 31.7 Å². The number of aliphatic imine (C=N–C) groups is 1. The first kappa shape index (κ1) is 24.4. The summed E-state index contributed by atoms with van der Waals surface area (Å²) in [6, 6.07) is 15.2. The van der Waals surface area contributed by atoms with E-state index in [0.717, 1.165) is 51.4 Å². The molecule has 1 heterocycles. The zero-order valence-corrected chi connectivity index (χ0v) is 20.3. The van der Waals surface area contributed by atoms with Gasteiger partial charge in [-0.2, -0.15) is 0 Å². The lowest BCUT2D eigenvalue weighted by Crippen LogP contribution is -2.50. The monoisotopic (exact) mass is 523 g/mol. The van der Waals surface area contributed by atoms with Crippen LogP contribution in [0, 0.1) is 0 Å². The lowest BCUT2D eigenvalue weighted by atomic mass is 10.0. The smallest absolute Gasteiger partial charge is 0.234 e. The number of benzene rings is 2. The molecule has 2 aromatic carbocycles. The molecule has 0 unspecified atom stereocenters. The number of carbonyl (C=O) groups excluding carboxylic acids is 1. The van der Waals surface area contributed by atoms with Gasteiger partial charge in [0.05, 0.1) is 6.54 Å². The average Bonchev–Trinajstić information content (AvgIpc) is 2.76. The molecule has 0 bridgehead atoms. The maximum absolute atomic E-state index is 11.9. The SMILES string of the molecule is CCCNC(=O)CN1CCC(NC(=NC)NCc2cccc3ccccc23)CC1.I. The first-order chi connectivity index (χ1) is 14.2. The first-order valence-electron chi connectivity index (χ1n) is 10.6. The molecule has 0 spiro atoms. The van der Waals surface area contributed by atoms with Crippen LogP contribution < -0.4 is 16.0 Å². The van der Waals surface area contributed by atoms with E-state index in [1.807, 2.05) is 7.05 Å². The Morgan fingerprint density at radius 1 is 1.10 bits per heavy atom. The Morgan fingerprint density at radius 2 is 1.83 bits per heavy atom. The molecule has 7 heteroatoms. The summed E-state index contributed by atoms with van der Waals surface area (Å²) in [6.45, 7) is 5.92. The van der Waals surface area contributed by atoms with E-state index < -0.39 is 0 Å². The summed E-state index contributed by atoms with van der Waals surface area (Å²) >= 11 is 0. The molecule has 2 aromatic rings. The summed E-state index contributed by atoms with van der Waals surface area (Å²) < 4.78 is 0. The summed E-state index contributed by atoms with van der Waals surface area (Å²) in [5.41, 5.74) is 1.26. The van der Waals surface area contributed by atoms with Gasteiger partial charge in [-0.15, -0.1) is 24.0 Å². The van der Waals surface area contributed by atoms with Crippen molar-refractivity contribution in [2.45, 2.75) is 38.8 Å². The van der Waals surface area contributed by atoms with Crippen molar-refractivity contribution in [1.82, 2.24) is 20.9 Å². The van der Waals surface area contributed by atoms with E-state index in [1.165, 1.54) is 16.3 Å². The van der Waals surface area contributed by atoms with E-state index in [9.17, 15) is 4.79 Å². The average molecular weight is 523 g/mol. The van der Waals surface area contributed by atoms with E-state index >= 15 is 0 Å². The van der Waals surface area contributed by atoms with Crippen LogP contribution in [0.25, 0.3) is 10.8 Å². The van der Waals surface area contributed by atoms with Crippen molar-refractivity contribution in [2.75, 3.05) is 33.2 Å². The molecule has 0 radical (unpaired) electrons. The Kier molecular flexibility index (Phi) is 10.4. The fraction of sp³-hybridized carbons (Fsp3) is 0.478. The third-order valence-electron chi connectivity index (χ3n) is 5.42. The van der Waals surface area contributed by atoms with E-state index in [2.05, 4.69) is 75.2 Å². The highest BCUT2D eigenvalue weighted by molar-refractivity contribution is 14.0. The Bertz CT molecular complexity index is 828. The number of fused-ring (bicyclic) bond motifs is 1. The van der Waals surface area contributed by atoms with Crippen molar-refractivity contribution in [2.24, 2.45) is 4.99 Å². The van der Waals surface area contributed by atoms with Crippen LogP contribution in [-0.4, -0.2) is 56.0 Å². The lowest BCUT2D eigenvalue weighted by Gasteiger charge is -2.32. The molecule has 6 nitrogen and oxygen atoms in total. The Hall–Kier alpha value is -1.87. The number of halogens is 1. The van der Waals surface area contributed by atoms with E-state index in [4.69, 9.17) is 0 Å². The summed E-state index contributed by atoms with van der Waals surface area (Å²) in [6.07, 6.45) is 2.99. The van der Waals surface area contributed by atoms with Crippen LogP contribution in [0.15, 0.2) is 47.5 Å². The Morgan fingerprint density at radius 3 is 2.57 bits per heavy atom. The number of nitrogens with one attached hydrogen (secondary N) is 3. The third-order valence-corrected chi connectivity index (χ3v) is 5.42. The highest BCUT2D eigenvalue weighted by Crippen LogP contribution is 2.18. The van der Waals surface area contributed by atoms with E-state index in [1.54, 1.807) is 0 Å². The molecule has 30 heavy (non-hydrogen) atoms. The van der Waals surface area contributed by atoms with Crippen LogP contribution in [0.3, 0.4) is 0 Å². The molecular weight excluding hydrogens is 489 g/mol. The number of likely N-dealkylation sites (tertiary alicyclic amines) is 1. The van der Waals surface area contributed by atoms with Crippen molar-refractivity contribution >= 4 is 46.6 Å². The summed E-state index contributed by atoms with van der Waals surface area (Å²) in [4.78, 5) is 18.5. The van der Waals surface area contributed by atoms with Crippen molar-refractivity contribution < 1.29 is 4.79 Å². The van der Waals surface area contributed by atoms with Gasteiger partial charge in [-0.25, -0.2) is 0 Å². The number of piperidine rings is 1. The number of amides is 1. The van der Waals surface area contributed by atoms with Gasteiger partial charge in [0, 0.05) is 39.3 Å². The first-order valence-corrected chi connectivity index (χ1v) is 10.6. The predicted octanol–water partition coefficient (Wildman–Crippen LogP) is 3.11. The topological polar surface area (TPSA) is 68.8 Å². The highest BCUT2D eigenvalue weighted by atomic mass is 127. The van der Waals surface area contributed by atoms with Gasteiger partial charge in [0.15, 0.2) is 5.96 Å². The predicted molar refractivity (Wildman–Crippen MR) is 135 cm³/mol. The molecule has 1 saturated heterocycles. The molecule has 3 N–H and O–H groups in total. The van der Waals surface area contributed by atoms with E-state index in [-0.39, 0.29) is 29.9 Å². The largest absolute Gasteiger partial charge is 0.355 e. The van der Waals surface area contributed by atoms with Crippen molar-refractivity contribution in [1.29, 1.82) is 0 Å². The van der Waals surface area contributed by atoms with Gasteiger partial charge in [0.2, 0.25) is 5.91 Å². The Balaban J connectivity index is 0.00000320. The van der Waals surface area contributed by atoms with Crippen LogP contribution in [0.2, 0.25) is 0 Å². The van der Waals surface area contributed by atoms with Crippen molar-refractivity contribution in [3.05, 3.63) is 48.0 Å². The minimum atomic E-state index is 0. The van der Waals surface area contributed by atoms with Gasteiger partial charge < -0.3 is 16.0 Å². The number of carbonyl (C=O) groups is 1. The number of nitrogens with zero attached hydrogens (tertiary/aromatic N) is 2.